The maximum atomic E-state index is 12.1. The molecular weight excluding hydrogens is 272 g/mol. The van der Waals surface area contributed by atoms with E-state index < -0.39 is 0 Å². The predicted octanol–water partition coefficient (Wildman–Crippen LogP) is 3.69. The first kappa shape index (κ1) is 14.5. The van der Waals surface area contributed by atoms with Crippen molar-refractivity contribution in [1.29, 1.82) is 0 Å². The Morgan fingerprint density at radius 3 is 2.50 bits per heavy atom. The summed E-state index contributed by atoms with van der Waals surface area (Å²) < 4.78 is 0. The number of hydrogen-bond acceptors (Lipinski definition) is 4. The van der Waals surface area contributed by atoms with Crippen LogP contribution in [-0.2, 0) is 0 Å². The summed E-state index contributed by atoms with van der Waals surface area (Å²) in [6.45, 7) is 4.04. The number of aromatic hydroxyl groups is 2. The Hall–Kier alpha value is -1.94. The highest BCUT2D eigenvalue weighted by Gasteiger charge is 2.12. The molecular formula is C16H16O3S. The Bertz CT molecular complexity index is 650. The van der Waals surface area contributed by atoms with Crippen LogP contribution in [0.1, 0.15) is 21.5 Å². The SMILES string of the molecule is Cc1ccc(SCC(=O)c2ccc(O)cc2O)c(C)c1. The highest BCUT2D eigenvalue weighted by molar-refractivity contribution is 8.00. The zero-order valence-electron chi connectivity index (χ0n) is 11.4. The minimum Gasteiger partial charge on any atom is -0.508 e. The van der Waals surface area contributed by atoms with Gasteiger partial charge in [0.2, 0.25) is 0 Å². The van der Waals surface area contributed by atoms with Gasteiger partial charge in [0.1, 0.15) is 11.5 Å². The van der Waals surface area contributed by atoms with E-state index in [-0.39, 0.29) is 28.6 Å². The first-order chi connectivity index (χ1) is 9.47. The van der Waals surface area contributed by atoms with Crippen molar-refractivity contribution in [2.75, 3.05) is 5.75 Å². The number of aryl methyl sites for hydroxylation is 2. The summed E-state index contributed by atoms with van der Waals surface area (Å²) in [7, 11) is 0. The van der Waals surface area contributed by atoms with Crippen LogP contribution in [0.5, 0.6) is 11.5 Å². The van der Waals surface area contributed by atoms with E-state index in [2.05, 4.69) is 6.07 Å². The Labute approximate surface area is 122 Å². The van der Waals surface area contributed by atoms with E-state index in [4.69, 9.17) is 0 Å². The molecule has 0 atom stereocenters. The smallest absolute Gasteiger partial charge is 0.176 e. The average molecular weight is 288 g/mol. The monoisotopic (exact) mass is 288 g/mol. The Kier molecular flexibility index (Phi) is 4.35. The largest absolute Gasteiger partial charge is 0.508 e. The summed E-state index contributed by atoms with van der Waals surface area (Å²) in [6, 6.07) is 10.1. The molecule has 2 N–H and O–H groups in total. The molecule has 104 valence electrons. The summed E-state index contributed by atoms with van der Waals surface area (Å²) in [5.74, 6) is -0.146. The number of benzene rings is 2. The summed E-state index contributed by atoms with van der Waals surface area (Å²) in [5.41, 5.74) is 2.56. The normalized spacial score (nSPS) is 10.5. The Morgan fingerprint density at radius 1 is 1.10 bits per heavy atom. The number of phenols is 2. The summed E-state index contributed by atoms with van der Waals surface area (Å²) in [5, 5.41) is 18.9. The van der Waals surface area contributed by atoms with E-state index in [0.29, 0.717) is 0 Å². The number of Topliss-reactive ketones (excluding diaryl/α,β-unsaturated/α-hetero) is 1. The minimum atomic E-state index is -0.184. The van der Waals surface area contributed by atoms with E-state index >= 15 is 0 Å². The topological polar surface area (TPSA) is 57.5 Å². The van der Waals surface area contributed by atoms with Crippen LogP contribution < -0.4 is 0 Å². The van der Waals surface area contributed by atoms with Crippen LogP contribution in [0.25, 0.3) is 0 Å². The van der Waals surface area contributed by atoms with Crippen LogP contribution in [0.15, 0.2) is 41.3 Å². The van der Waals surface area contributed by atoms with Crippen molar-refractivity contribution < 1.29 is 15.0 Å². The van der Waals surface area contributed by atoms with Crippen LogP contribution in [0.2, 0.25) is 0 Å². The van der Waals surface area contributed by atoms with E-state index in [1.807, 2.05) is 26.0 Å². The van der Waals surface area contributed by atoms with E-state index in [1.165, 1.54) is 35.5 Å². The van der Waals surface area contributed by atoms with Gasteiger partial charge in [-0.05, 0) is 37.6 Å². The maximum Gasteiger partial charge on any atom is 0.176 e. The molecule has 20 heavy (non-hydrogen) atoms. The highest BCUT2D eigenvalue weighted by atomic mass is 32.2. The molecule has 0 heterocycles. The second kappa shape index (κ2) is 6.01. The fraction of sp³-hybridized carbons (Fsp3) is 0.188. The molecule has 0 spiro atoms. The van der Waals surface area contributed by atoms with Gasteiger partial charge in [0.05, 0.1) is 11.3 Å². The lowest BCUT2D eigenvalue weighted by atomic mass is 10.1. The van der Waals surface area contributed by atoms with Crippen LogP contribution in [0.4, 0.5) is 0 Å². The van der Waals surface area contributed by atoms with Gasteiger partial charge in [-0.3, -0.25) is 4.79 Å². The lowest BCUT2D eigenvalue weighted by Gasteiger charge is -2.07. The number of phenolic OH excluding ortho intramolecular Hbond substituents is 2. The molecule has 0 aromatic heterocycles. The number of carbonyl (C=O) groups excluding carboxylic acids is 1. The molecule has 0 aliphatic rings. The molecule has 0 amide bonds. The molecule has 0 aliphatic heterocycles. The zero-order chi connectivity index (χ0) is 14.7. The van der Waals surface area contributed by atoms with Crippen molar-refractivity contribution >= 4 is 17.5 Å². The third kappa shape index (κ3) is 3.33. The van der Waals surface area contributed by atoms with Crippen molar-refractivity contribution in [2.24, 2.45) is 0 Å². The van der Waals surface area contributed by atoms with Gasteiger partial charge in [0.25, 0.3) is 0 Å². The Balaban J connectivity index is 2.08. The first-order valence-electron chi connectivity index (χ1n) is 6.22. The van der Waals surface area contributed by atoms with Gasteiger partial charge in [0.15, 0.2) is 5.78 Å². The molecule has 0 unspecified atom stereocenters. The third-order valence-corrected chi connectivity index (χ3v) is 4.15. The van der Waals surface area contributed by atoms with Gasteiger partial charge < -0.3 is 10.2 Å². The van der Waals surface area contributed by atoms with E-state index in [9.17, 15) is 15.0 Å². The molecule has 0 aliphatic carbocycles. The first-order valence-corrected chi connectivity index (χ1v) is 7.21. The molecule has 2 aromatic carbocycles. The molecule has 0 bridgehead atoms. The standard InChI is InChI=1S/C16H16O3S/c1-10-3-6-16(11(2)7-10)20-9-15(19)13-5-4-12(17)8-14(13)18/h3-8,17-18H,9H2,1-2H3. The fourth-order valence-corrected chi connectivity index (χ4v) is 2.83. The van der Waals surface area contributed by atoms with Crippen molar-refractivity contribution in [1.82, 2.24) is 0 Å². The molecule has 3 nitrogen and oxygen atoms in total. The van der Waals surface area contributed by atoms with Crippen LogP contribution in [0, 0.1) is 13.8 Å². The van der Waals surface area contributed by atoms with Gasteiger partial charge in [0, 0.05) is 11.0 Å². The van der Waals surface area contributed by atoms with Gasteiger partial charge in [-0.2, -0.15) is 0 Å². The van der Waals surface area contributed by atoms with E-state index in [0.717, 1.165) is 10.5 Å². The molecule has 0 saturated carbocycles. The third-order valence-electron chi connectivity index (χ3n) is 2.97. The average Bonchev–Trinajstić information content (AvgIpc) is 2.37. The quantitative estimate of drug-likeness (QED) is 0.665. The number of rotatable bonds is 4. The zero-order valence-corrected chi connectivity index (χ0v) is 12.2. The van der Waals surface area contributed by atoms with Gasteiger partial charge in [-0.25, -0.2) is 0 Å². The van der Waals surface area contributed by atoms with Crippen LogP contribution >= 0.6 is 11.8 Å². The van der Waals surface area contributed by atoms with Crippen molar-refractivity contribution in [2.45, 2.75) is 18.7 Å². The minimum absolute atomic E-state index is 0.0546. The van der Waals surface area contributed by atoms with Crippen LogP contribution in [0.3, 0.4) is 0 Å². The fourth-order valence-electron chi connectivity index (χ4n) is 1.94. The van der Waals surface area contributed by atoms with Crippen molar-refractivity contribution in [3.8, 4) is 11.5 Å². The van der Waals surface area contributed by atoms with Crippen molar-refractivity contribution in [3.05, 3.63) is 53.1 Å². The number of hydrogen-bond donors (Lipinski definition) is 2. The molecule has 2 aromatic rings. The lowest BCUT2D eigenvalue weighted by Crippen LogP contribution is -2.02. The molecule has 0 radical (unpaired) electrons. The predicted molar refractivity (Wildman–Crippen MR) is 80.7 cm³/mol. The number of carbonyl (C=O) groups is 1. The molecule has 2 rings (SSSR count). The Morgan fingerprint density at radius 2 is 1.85 bits per heavy atom. The second-order valence-electron chi connectivity index (χ2n) is 4.68. The summed E-state index contributed by atoms with van der Waals surface area (Å²) >= 11 is 1.45. The van der Waals surface area contributed by atoms with E-state index in [1.54, 1.807) is 0 Å². The molecule has 0 fully saturated rings. The molecule has 0 saturated heterocycles. The second-order valence-corrected chi connectivity index (χ2v) is 5.70. The number of thioether (sulfide) groups is 1. The number of ketones is 1. The van der Waals surface area contributed by atoms with Gasteiger partial charge >= 0.3 is 0 Å². The van der Waals surface area contributed by atoms with Crippen LogP contribution in [-0.4, -0.2) is 21.7 Å². The summed E-state index contributed by atoms with van der Waals surface area (Å²) in [6.07, 6.45) is 0. The van der Waals surface area contributed by atoms with Crippen molar-refractivity contribution in [3.63, 3.8) is 0 Å². The maximum absolute atomic E-state index is 12.1. The molecule has 4 heteroatoms. The van der Waals surface area contributed by atoms with Gasteiger partial charge in [-0.1, -0.05) is 17.7 Å². The lowest BCUT2D eigenvalue weighted by molar-refractivity contribution is 0.102. The highest BCUT2D eigenvalue weighted by Crippen LogP contribution is 2.27. The van der Waals surface area contributed by atoms with Gasteiger partial charge in [-0.15, -0.1) is 11.8 Å². The summed E-state index contributed by atoms with van der Waals surface area (Å²) in [4.78, 5) is 13.1.